The Balaban J connectivity index is 1.92. The summed E-state index contributed by atoms with van der Waals surface area (Å²) in [6.45, 7) is 0. The maximum atomic E-state index is 5.33. The molecule has 15 heavy (non-hydrogen) atoms. The van der Waals surface area contributed by atoms with Crippen molar-refractivity contribution in [2.24, 2.45) is 0 Å². The number of rotatable bonds is 2. The molecule has 1 fully saturated rings. The lowest BCUT2D eigenvalue weighted by Gasteiger charge is -1.98. The Labute approximate surface area is 95.7 Å². The molecular weight excluding hydrogens is 256 g/mol. The molecule has 2 heterocycles. The first-order chi connectivity index (χ1) is 7.33. The normalized spacial score (nSPS) is 15.5. The minimum absolute atomic E-state index is 0.491. The Hall–Kier alpha value is -1.16. The highest BCUT2D eigenvalue weighted by molar-refractivity contribution is 9.10. The second-order valence-corrected chi connectivity index (χ2v) is 4.41. The summed E-state index contributed by atoms with van der Waals surface area (Å²) in [6, 6.07) is 4.11. The summed E-state index contributed by atoms with van der Waals surface area (Å²) in [5, 5.41) is 0. The van der Waals surface area contributed by atoms with Gasteiger partial charge >= 0.3 is 0 Å². The van der Waals surface area contributed by atoms with Crippen LogP contribution in [0.4, 0.5) is 0 Å². The van der Waals surface area contributed by atoms with E-state index >= 15 is 0 Å². The number of nitrogens with zero attached hydrogens (tertiary/aromatic N) is 2. The Morgan fingerprint density at radius 1 is 1.20 bits per heavy atom. The summed E-state index contributed by atoms with van der Waals surface area (Å²) in [7, 11) is 0. The van der Waals surface area contributed by atoms with Crippen LogP contribution in [0.5, 0.6) is 0 Å². The van der Waals surface area contributed by atoms with E-state index in [9.17, 15) is 0 Å². The van der Waals surface area contributed by atoms with E-state index in [4.69, 9.17) is 4.42 Å². The molecule has 0 unspecified atom stereocenters. The van der Waals surface area contributed by atoms with Gasteiger partial charge in [-0.15, -0.1) is 0 Å². The van der Waals surface area contributed by atoms with Gasteiger partial charge in [0.15, 0.2) is 5.76 Å². The predicted molar refractivity (Wildman–Crippen MR) is 59.4 cm³/mol. The molecule has 0 spiro atoms. The van der Waals surface area contributed by atoms with Gasteiger partial charge in [0, 0.05) is 22.1 Å². The third-order valence-corrected chi connectivity index (χ3v) is 2.93. The summed E-state index contributed by atoms with van der Waals surface area (Å²) in [5.74, 6) is 1.44. The fraction of sp³-hybridized carbons (Fsp3) is 0.273. The van der Waals surface area contributed by atoms with Crippen LogP contribution in [-0.4, -0.2) is 9.97 Å². The van der Waals surface area contributed by atoms with Crippen LogP contribution in [0.15, 0.2) is 33.7 Å². The van der Waals surface area contributed by atoms with Crippen molar-refractivity contribution in [1.82, 2.24) is 9.97 Å². The topological polar surface area (TPSA) is 38.9 Å². The van der Waals surface area contributed by atoms with E-state index in [1.165, 1.54) is 18.4 Å². The van der Waals surface area contributed by atoms with E-state index in [0.29, 0.717) is 10.6 Å². The standard InChI is InChI=1S/C11H9BrN2O/c12-11-14-6-10(15-11)9-4-3-8(5-13-9)7-1-2-7/h3-7H,1-2H2. The third-order valence-electron chi connectivity index (χ3n) is 2.57. The van der Waals surface area contributed by atoms with Crippen LogP contribution < -0.4 is 0 Å². The number of halogens is 1. The van der Waals surface area contributed by atoms with Crippen LogP contribution in [0.1, 0.15) is 24.3 Å². The molecule has 3 rings (SSSR count). The van der Waals surface area contributed by atoms with E-state index in [1.54, 1.807) is 6.20 Å². The average Bonchev–Trinajstić information content (AvgIpc) is 3.02. The molecule has 0 N–H and O–H groups in total. The smallest absolute Gasteiger partial charge is 0.264 e. The first kappa shape index (κ1) is 9.09. The molecule has 2 aromatic rings. The van der Waals surface area contributed by atoms with Gasteiger partial charge in [0.1, 0.15) is 5.69 Å². The van der Waals surface area contributed by atoms with Gasteiger partial charge in [0.25, 0.3) is 4.80 Å². The van der Waals surface area contributed by atoms with Crippen LogP contribution >= 0.6 is 15.9 Å². The second-order valence-electron chi connectivity index (χ2n) is 3.73. The molecule has 0 saturated heterocycles. The van der Waals surface area contributed by atoms with Crippen LogP contribution in [0, 0.1) is 0 Å². The number of aromatic nitrogens is 2. The molecule has 0 bridgehead atoms. The molecule has 0 aliphatic heterocycles. The van der Waals surface area contributed by atoms with Crippen LogP contribution in [0.2, 0.25) is 0 Å². The van der Waals surface area contributed by atoms with Gasteiger partial charge in [-0.05, 0) is 30.4 Å². The average molecular weight is 265 g/mol. The van der Waals surface area contributed by atoms with E-state index in [1.807, 2.05) is 12.3 Å². The fourth-order valence-corrected chi connectivity index (χ4v) is 1.86. The zero-order chi connectivity index (χ0) is 10.3. The highest BCUT2D eigenvalue weighted by Gasteiger charge is 2.23. The van der Waals surface area contributed by atoms with Gasteiger partial charge in [-0.1, -0.05) is 6.07 Å². The molecule has 4 heteroatoms. The van der Waals surface area contributed by atoms with Crippen molar-refractivity contribution in [3.63, 3.8) is 0 Å². The zero-order valence-electron chi connectivity index (χ0n) is 7.98. The van der Waals surface area contributed by atoms with Crippen molar-refractivity contribution in [2.45, 2.75) is 18.8 Å². The number of hydrogen-bond acceptors (Lipinski definition) is 3. The van der Waals surface area contributed by atoms with Gasteiger partial charge in [0.2, 0.25) is 0 Å². The Morgan fingerprint density at radius 3 is 2.60 bits per heavy atom. The lowest BCUT2D eigenvalue weighted by molar-refractivity contribution is 0.540. The quantitative estimate of drug-likeness (QED) is 0.835. The van der Waals surface area contributed by atoms with Crippen LogP contribution in [-0.2, 0) is 0 Å². The van der Waals surface area contributed by atoms with Crippen LogP contribution in [0.25, 0.3) is 11.5 Å². The van der Waals surface area contributed by atoms with Crippen molar-refractivity contribution in [3.05, 3.63) is 34.9 Å². The van der Waals surface area contributed by atoms with Crippen LogP contribution in [0.3, 0.4) is 0 Å². The van der Waals surface area contributed by atoms with Gasteiger partial charge in [0.05, 0.1) is 6.20 Å². The molecule has 1 aliphatic carbocycles. The van der Waals surface area contributed by atoms with E-state index in [2.05, 4.69) is 32.0 Å². The molecule has 0 radical (unpaired) electrons. The van der Waals surface area contributed by atoms with E-state index in [-0.39, 0.29) is 0 Å². The molecule has 2 aromatic heterocycles. The highest BCUT2D eigenvalue weighted by Crippen LogP contribution is 2.39. The molecule has 0 atom stereocenters. The Bertz CT molecular complexity index is 474. The van der Waals surface area contributed by atoms with Crippen molar-refractivity contribution >= 4 is 15.9 Å². The van der Waals surface area contributed by atoms with E-state index < -0.39 is 0 Å². The minimum Gasteiger partial charge on any atom is -0.429 e. The molecule has 0 aromatic carbocycles. The molecule has 1 aliphatic rings. The fourth-order valence-electron chi connectivity index (χ4n) is 1.58. The number of pyridine rings is 1. The summed E-state index contributed by atoms with van der Waals surface area (Å²) in [4.78, 5) is 8.83. The van der Waals surface area contributed by atoms with Crippen molar-refractivity contribution in [2.75, 3.05) is 0 Å². The molecular formula is C11H9BrN2O. The first-order valence-electron chi connectivity index (χ1n) is 4.90. The van der Waals surface area contributed by atoms with Crippen molar-refractivity contribution in [1.29, 1.82) is 0 Å². The Morgan fingerprint density at radius 2 is 2.07 bits per heavy atom. The lowest BCUT2D eigenvalue weighted by Crippen LogP contribution is -1.84. The highest BCUT2D eigenvalue weighted by atomic mass is 79.9. The largest absolute Gasteiger partial charge is 0.429 e. The number of hydrogen-bond donors (Lipinski definition) is 0. The van der Waals surface area contributed by atoms with Gasteiger partial charge < -0.3 is 4.42 Å². The van der Waals surface area contributed by atoms with Gasteiger partial charge in [-0.2, -0.15) is 0 Å². The second kappa shape index (κ2) is 3.45. The SMILES string of the molecule is Brc1ncc(-c2ccc(C3CC3)cn2)o1. The first-order valence-corrected chi connectivity index (χ1v) is 5.70. The minimum atomic E-state index is 0.491. The summed E-state index contributed by atoms with van der Waals surface area (Å²) in [5.41, 5.74) is 2.16. The van der Waals surface area contributed by atoms with Gasteiger partial charge in [-0.3, -0.25) is 4.98 Å². The predicted octanol–water partition coefficient (Wildman–Crippen LogP) is 3.38. The Kier molecular flexibility index (Phi) is 2.09. The zero-order valence-corrected chi connectivity index (χ0v) is 9.57. The summed E-state index contributed by atoms with van der Waals surface area (Å²) < 4.78 is 5.33. The monoisotopic (exact) mass is 264 g/mol. The molecule has 3 nitrogen and oxygen atoms in total. The van der Waals surface area contributed by atoms with Crippen molar-refractivity contribution in [3.8, 4) is 11.5 Å². The van der Waals surface area contributed by atoms with Crippen molar-refractivity contribution < 1.29 is 4.42 Å². The summed E-state index contributed by atoms with van der Waals surface area (Å²) in [6.07, 6.45) is 6.20. The molecule has 0 amide bonds. The lowest BCUT2D eigenvalue weighted by atomic mass is 10.2. The van der Waals surface area contributed by atoms with Gasteiger partial charge in [-0.25, -0.2) is 4.98 Å². The summed E-state index contributed by atoms with van der Waals surface area (Å²) >= 11 is 3.17. The maximum absolute atomic E-state index is 5.33. The molecule has 1 saturated carbocycles. The van der Waals surface area contributed by atoms with E-state index in [0.717, 1.165) is 11.6 Å². The molecule has 76 valence electrons. The maximum Gasteiger partial charge on any atom is 0.264 e. The number of oxazole rings is 1. The third kappa shape index (κ3) is 1.81.